The zero-order valence-electron chi connectivity index (χ0n) is 22.1. The van der Waals surface area contributed by atoms with Crippen LogP contribution in [0.3, 0.4) is 0 Å². The number of nitrogens with zero attached hydrogens (tertiary/aromatic N) is 6. The molecule has 2 fully saturated rings. The SMILES string of the molecule is Nc1ncnc2c1ccn2[C@@H]1O[C@H](COP(=O)(O)O[C@@H]2[C@H](O)[C@@H](CO)O[C@H]2n2cnc3c(=O)[nH]cnc32)[C@@H](O)[C@H]1O.O=PO. The Balaban J connectivity index is 0.00000123. The lowest BCUT2D eigenvalue weighted by Crippen LogP contribution is -2.36. The molecule has 9 N–H and O–H groups in total. The third-order valence-electron chi connectivity index (χ3n) is 6.94. The molecule has 0 saturated carbocycles. The fourth-order valence-electron chi connectivity index (χ4n) is 4.90. The number of ether oxygens (including phenoxy) is 2. The first kappa shape index (κ1) is 32.1. The number of fused-ring (bicyclic) bond motifs is 2. The van der Waals surface area contributed by atoms with Crippen molar-refractivity contribution in [3.63, 3.8) is 0 Å². The Bertz CT molecular complexity index is 1730. The maximum atomic E-state index is 13.0. The van der Waals surface area contributed by atoms with Gasteiger partial charge in [0.1, 0.15) is 54.4 Å². The van der Waals surface area contributed by atoms with Crippen LogP contribution in [0.1, 0.15) is 12.5 Å². The number of hydrogen-bond acceptors (Lipinski definition) is 16. The molecular formula is C21H26N8O13P2. The van der Waals surface area contributed by atoms with Gasteiger partial charge in [0, 0.05) is 6.20 Å². The summed E-state index contributed by atoms with van der Waals surface area (Å²) in [4.78, 5) is 47.9. The molecule has 0 spiro atoms. The molecule has 0 aliphatic carbocycles. The van der Waals surface area contributed by atoms with Crippen LogP contribution in [0.15, 0.2) is 36.0 Å². The number of phosphoric acid groups is 1. The summed E-state index contributed by atoms with van der Waals surface area (Å²) in [6, 6.07) is 1.60. The summed E-state index contributed by atoms with van der Waals surface area (Å²) in [5.74, 6) is 0.200. The van der Waals surface area contributed by atoms with E-state index in [2.05, 4.69) is 24.9 Å². The van der Waals surface area contributed by atoms with Crippen molar-refractivity contribution in [3.8, 4) is 0 Å². The van der Waals surface area contributed by atoms with E-state index in [0.29, 0.717) is 11.0 Å². The number of aromatic nitrogens is 7. The van der Waals surface area contributed by atoms with Gasteiger partial charge < -0.3 is 55.0 Å². The lowest BCUT2D eigenvalue weighted by atomic mass is 10.1. The standard InChI is InChI=1S/C21H25N8O11P.HO2P/c22-16-8-1-2-28(17(8)24-5-23-16)20-14(33)12(31)10(39-20)4-37-41(35,36)40-15-13(32)9(3-30)38-21(15)29-7-27-11-18(29)25-6-26-19(11)34;1-3-2/h1-2,5-7,9-10,12-15,20-21,30-33H,3-4H2,(H,35,36)(H2,22,23,24)(H,25,26,34);(H,1,2)/t9-,10-,12-,13-,14-,15-,20-,21-;/m1./s1. The number of rotatable bonds is 8. The molecule has 2 saturated heterocycles. The number of aliphatic hydroxyl groups is 4. The molecule has 1 unspecified atom stereocenters. The van der Waals surface area contributed by atoms with Gasteiger partial charge in [-0.1, -0.05) is 0 Å². The molecule has 2 aliphatic heterocycles. The summed E-state index contributed by atoms with van der Waals surface area (Å²) in [5.41, 5.74) is 5.58. The molecule has 44 heavy (non-hydrogen) atoms. The van der Waals surface area contributed by atoms with Gasteiger partial charge in [0.05, 0.1) is 31.3 Å². The van der Waals surface area contributed by atoms with E-state index in [-0.39, 0.29) is 17.0 Å². The Labute approximate surface area is 246 Å². The molecule has 9 atom stereocenters. The predicted molar refractivity (Wildman–Crippen MR) is 143 cm³/mol. The Morgan fingerprint density at radius 1 is 1.05 bits per heavy atom. The fourth-order valence-corrected chi connectivity index (χ4v) is 5.83. The number of nitrogen functional groups attached to an aromatic ring is 1. The Morgan fingerprint density at radius 3 is 2.50 bits per heavy atom. The van der Waals surface area contributed by atoms with Crippen molar-refractivity contribution < 1.29 is 57.9 Å². The van der Waals surface area contributed by atoms with E-state index >= 15 is 0 Å². The van der Waals surface area contributed by atoms with Crippen LogP contribution in [0.2, 0.25) is 0 Å². The molecule has 0 aromatic carbocycles. The van der Waals surface area contributed by atoms with Gasteiger partial charge in [-0.2, -0.15) is 0 Å². The van der Waals surface area contributed by atoms with E-state index in [1.165, 1.54) is 21.7 Å². The number of aliphatic hydroxyl groups excluding tert-OH is 4. The fraction of sp³-hybridized carbons (Fsp3) is 0.476. The maximum absolute atomic E-state index is 13.0. The highest BCUT2D eigenvalue weighted by atomic mass is 31.2. The van der Waals surface area contributed by atoms with Crippen molar-refractivity contribution in [2.24, 2.45) is 0 Å². The minimum atomic E-state index is -5.01. The molecule has 0 radical (unpaired) electrons. The number of hydrogen-bond donors (Lipinski definition) is 8. The maximum Gasteiger partial charge on any atom is 0.472 e. The zero-order chi connectivity index (χ0) is 31.8. The lowest BCUT2D eigenvalue weighted by Gasteiger charge is -2.24. The van der Waals surface area contributed by atoms with Gasteiger partial charge >= 0.3 is 16.5 Å². The second-order valence-electron chi connectivity index (χ2n) is 9.48. The van der Waals surface area contributed by atoms with Crippen molar-refractivity contribution in [3.05, 3.63) is 41.6 Å². The normalized spacial score (nSPS) is 30.0. The Hall–Kier alpha value is -3.30. The van der Waals surface area contributed by atoms with Crippen molar-refractivity contribution in [1.29, 1.82) is 0 Å². The van der Waals surface area contributed by atoms with Gasteiger partial charge in [0.2, 0.25) is 0 Å². The highest BCUT2D eigenvalue weighted by Crippen LogP contribution is 2.50. The van der Waals surface area contributed by atoms with Crippen molar-refractivity contribution in [2.45, 2.75) is 49.1 Å². The average Bonchev–Trinajstić information content (AvgIpc) is 3.75. The van der Waals surface area contributed by atoms with E-state index in [1.807, 2.05) is 0 Å². The summed E-state index contributed by atoms with van der Waals surface area (Å²) in [6.07, 6.45) is -6.18. The van der Waals surface area contributed by atoms with Crippen molar-refractivity contribution >= 4 is 44.5 Å². The third kappa shape index (κ3) is 6.01. The van der Waals surface area contributed by atoms with Crippen LogP contribution < -0.4 is 11.3 Å². The smallest absolute Gasteiger partial charge is 0.394 e. The van der Waals surface area contributed by atoms with Gasteiger partial charge in [-0.15, -0.1) is 0 Å². The molecule has 21 nitrogen and oxygen atoms in total. The average molecular weight is 660 g/mol. The van der Waals surface area contributed by atoms with Gasteiger partial charge in [0.15, 0.2) is 23.6 Å². The number of nitrogens with one attached hydrogen (secondary N) is 1. The second-order valence-corrected chi connectivity index (χ2v) is 11.0. The number of H-pyrrole nitrogens is 1. The minimum Gasteiger partial charge on any atom is -0.394 e. The van der Waals surface area contributed by atoms with E-state index < -0.39 is 84.4 Å². The second kappa shape index (κ2) is 13.0. The summed E-state index contributed by atoms with van der Waals surface area (Å²) in [6.45, 7) is -1.37. The molecule has 6 rings (SSSR count). The van der Waals surface area contributed by atoms with Crippen LogP contribution >= 0.6 is 16.5 Å². The van der Waals surface area contributed by atoms with E-state index in [1.54, 1.807) is 6.07 Å². The summed E-state index contributed by atoms with van der Waals surface area (Å²) in [5, 5.41) is 42.0. The minimum absolute atomic E-state index is 0.0268. The molecular weight excluding hydrogens is 634 g/mol. The number of aromatic amines is 1. The van der Waals surface area contributed by atoms with Crippen LogP contribution in [0.5, 0.6) is 0 Å². The zero-order valence-corrected chi connectivity index (χ0v) is 23.9. The Morgan fingerprint density at radius 2 is 1.77 bits per heavy atom. The van der Waals surface area contributed by atoms with E-state index in [0.717, 1.165) is 12.7 Å². The van der Waals surface area contributed by atoms with Gasteiger partial charge in [0.25, 0.3) is 5.56 Å². The first-order chi connectivity index (χ1) is 21.0. The van der Waals surface area contributed by atoms with E-state index in [4.69, 9.17) is 33.7 Å². The van der Waals surface area contributed by atoms with Crippen LogP contribution in [0.4, 0.5) is 5.82 Å². The first-order valence-corrected chi connectivity index (χ1v) is 14.8. The molecule has 0 bridgehead atoms. The Kier molecular flexibility index (Phi) is 9.47. The predicted octanol–water partition coefficient (Wildman–Crippen LogP) is -2.30. The van der Waals surface area contributed by atoms with Crippen molar-refractivity contribution in [2.75, 3.05) is 18.9 Å². The summed E-state index contributed by atoms with van der Waals surface area (Å²) < 4.78 is 45.7. The molecule has 2 aliphatic rings. The van der Waals surface area contributed by atoms with Crippen LogP contribution in [-0.4, -0.2) is 114 Å². The molecule has 4 aromatic rings. The summed E-state index contributed by atoms with van der Waals surface area (Å²) >= 11 is 0. The van der Waals surface area contributed by atoms with Gasteiger partial charge in [-0.3, -0.25) is 18.4 Å². The monoisotopic (exact) mass is 660 g/mol. The highest BCUT2D eigenvalue weighted by molar-refractivity contribution is 7.47. The molecule has 0 amide bonds. The molecule has 6 heterocycles. The molecule has 238 valence electrons. The molecule has 4 aromatic heterocycles. The number of nitrogens with two attached hydrogens (primary N) is 1. The number of imidazole rings is 1. The van der Waals surface area contributed by atoms with Gasteiger partial charge in [-0.25, -0.2) is 29.1 Å². The number of anilines is 1. The highest BCUT2D eigenvalue weighted by Gasteiger charge is 2.50. The number of phosphoric ester groups is 1. The van der Waals surface area contributed by atoms with Crippen LogP contribution in [0.25, 0.3) is 22.2 Å². The third-order valence-corrected chi connectivity index (χ3v) is 7.93. The topological polar surface area (TPSA) is 313 Å². The molecule has 23 heteroatoms. The van der Waals surface area contributed by atoms with Gasteiger partial charge in [-0.05, 0) is 6.07 Å². The quantitative estimate of drug-likeness (QED) is 0.0921. The first-order valence-electron chi connectivity index (χ1n) is 12.6. The van der Waals surface area contributed by atoms with Crippen molar-refractivity contribution in [1.82, 2.24) is 34.1 Å². The summed E-state index contributed by atoms with van der Waals surface area (Å²) in [7, 11) is -5.84. The van der Waals surface area contributed by atoms with Crippen LogP contribution in [-0.2, 0) is 27.7 Å². The van der Waals surface area contributed by atoms with Crippen LogP contribution in [0, 0.1) is 0 Å². The van der Waals surface area contributed by atoms with E-state index in [9.17, 15) is 34.7 Å². The largest absolute Gasteiger partial charge is 0.472 e. The lowest BCUT2D eigenvalue weighted by molar-refractivity contribution is -0.0614.